The molecule has 146 valence electrons. The number of hydrogen-bond acceptors (Lipinski definition) is 7. The highest BCUT2D eigenvalue weighted by Gasteiger charge is 2.21. The lowest BCUT2D eigenvalue weighted by molar-refractivity contribution is 0.0601. The number of esters is 1. The first-order valence-corrected chi connectivity index (χ1v) is 8.24. The van der Waals surface area contributed by atoms with E-state index < -0.39 is 11.9 Å². The van der Waals surface area contributed by atoms with Crippen molar-refractivity contribution in [2.75, 3.05) is 33.8 Å². The number of nitrogens with one attached hydrogen (secondary N) is 1. The van der Waals surface area contributed by atoms with Crippen LogP contribution in [-0.2, 0) is 4.74 Å². The first-order chi connectivity index (χ1) is 13.5. The minimum Gasteiger partial charge on any atom is -0.493 e. The number of carbonyl (C=O) groups excluding carboxylic acids is 2. The van der Waals surface area contributed by atoms with E-state index in [2.05, 4.69) is 5.32 Å². The Morgan fingerprint density at radius 3 is 2.21 bits per heavy atom. The molecular formula is C20H19NO7. The molecule has 2 aromatic carbocycles. The molecule has 1 N–H and O–H groups in total. The molecule has 3 aromatic rings. The first-order valence-electron chi connectivity index (χ1n) is 8.24. The summed E-state index contributed by atoms with van der Waals surface area (Å²) in [6, 6.07) is 9.83. The zero-order chi connectivity index (χ0) is 20.3. The van der Waals surface area contributed by atoms with Crippen LogP contribution in [0.4, 0.5) is 5.69 Å². The van der Waals surface area contributed by atoms with Crippen LogP contribution in [-0.4, -0.2) is 40.3 Å². The van der Waals surface area contributed by atoms with E-state index in [1.165, 1.54) is 40.6 Å². The number of amides is 1. The van der Waals surface area contributed by atoms with Crippen molar-refractivity contribution in [2.45, 2.75) is 0 Å². The molecule has 0 aliphatic carbocycles. The molecule has 1 amide bonds. The van der Waals surface area contributed by atoms with Crippen LogP contribution < -0.4 is 19.5 Å². The number of carbonyl (C=O) groups is 2. The maximum Gasteiger partial charge on any atom is 0.340 e. The van der Waals surface area contributed by atoms with E-state index in [9.17, 15) is 9.59 Å². The van der Waals surface area contributed by atoms with Crippen molar-refractivity contribution in [3.8, 4) is 17.2 Å². The van der Waals surface area contributed by atoms with Crippen LogP contribution in [0.25, 0.3) is 11.0 Å². The Bertz CT molecular complexity index is 1040. The summed E-state index contributed by atoms with van der Waals surface area (Å²) >= 11 is 0. The highest BCUT2D eigenvalue weighted by molar-refractivity contribution is 6.08. The summed E-state index contributed by atoms with van der Waals surface area (Å²) in [6.07, 6.45) is 0. The minimum absolute atomic E-state index is 0.0603. The Kier molecular flexibility index (Phi) is 5.39. The zero-order valence-corrected chi connectivity index (χ0v) is 15.8. The third-order valence-electron chi connectivity index (χ3n) is 4.13. The van der Waals surface area contributed by atoms with Gasteiger partial charge in [-0.2, -0.15) is 0 Å². The molecule has 8 nitrogen and oxygen atoms in total. The van der Waals surface area contributed by atoms with E-state index in [0.29, 0.717) is 28.2 Å². The first kappa shape index (κ1) is 19.1. The van der Waals surface area contributed by atoms with Gasteiger partial charge in [-0.05, 0) is 12.1 Å². The van der Waals surface area contributed by atoms with Gasteiger partial charge >= 0.3 is 5.97 Å². The molecule has 0 aliphatic rings. The summed E-state index contributed by atoms with van der Waals surface area (Å²) in [5.41, 5.74) is 0.764. The van der Waals surface area contributed by atoms with E-state index in [0.717, 1.165) is 0 Å². The molecule has 0 spiro atoms. The number of benzene rings is 2. The molecule has 3 rings (SSSR count). The van der Waals surface area contributed by atoms with Gasteiger partial charge in [0.05, 0.1) is 39.7 Å². The highest BCUT2D eigenvalue weighted by Crippen LogP contribution is 2.34. The average molecular weight is 385 g/mol. The van der Waals surface area contributed by atoms with Crippen molar-refractivity contribution in [2.24, 2.45) is 0 Å². The summed E-state index contributed by atoms with van der Waals surface area (Å²) in [4.78, 5) is 24.9. The number of rotatable bonds is 6. The molecule has 0 saturated carbocycles. The summed E-state index contributed by atoms with van der Waals surface area (Å²) in [5.74, 6) is 0.0623. The number of furan rings is 1. The highest BCUT2D eigenvalue weighted by atomic mass is 16.5. The molecule has 0 unspecified atom stereocenters. The normalized spacial score (nSPS) is 10.4. The quantitative estimate of drug-likeness (QED) is 0.649. The molecule has 0 saturated heterocycles. The molecule has 1 aromatic heterocycles. The van der Waals surface area contributed by atoms with Gasteiger partial charge in [0.15, 0.2) is 28.6 Å². The van der Waals surface area contributed by atoms with Crippen molar-refractivity contribution in [1.82, 2.24) is 0 Å². The fourth-order valence-corrected chi connectivity index (χ4v) is 2.75. The van der Waals surface area contributed by atoms with E-state index in [1.807, 2.05) is 0 Å². The fourth-order valence-electron chi connectivity index (χ4n) is 2.75. The van der Waals surface area contributed by atoms with Crippen molar-refractivity contribution >= 4 is 28.5 Å². The second-order valence-corrected chi connectivity index (χ2v) is 5.69. The molecule has 0 fully saturated rings. The second-order valence-electron chi connectivity index (χ2n) is 5.69. The Labute approximate surface area is 160 Å². The van der Waals surface area contributed by atoms with Gasteiger partial charge in [-0.25, -0.2) is 4.79 Å². The third kappa shape index (κ3) is 3.44. The molecule has 0 atom stereocenters. The average Bonchev–Trinajstić information content (AvgIpc) is 3.17. The molecule has 0 radical (unpaired) electrons. The van der Waals surface area contributed by atoms with Gasteiger partial charge in [0.2, 0.25) is 0 Å². The van der Waals surface area contributed by atoms with Gasteiger partial charge in [0, 0.05) is 17.5 Å². The van der Waals surface area contributed by atoms with E-state index in [4.69, 9.17) is 23.4 Å². The van der Waals surface area contributed by atoms with Crippen molar-refractivity contribution < 1.29 is 33.0 Å². The number of fused-ring (bicyclic) bond motifs is 1. The smallest absolute Gasteiger partial charge is 0.340 e. The number of hydrogen-bond donors (Lipinski definition) is 1. The van der Waals surface area contributed by atoms with Gasteiger partial charge in [-0.1, -0.05) is 12.1 Å². The summed E-state index contributed by atoms with van der Waals surface area (Å²) in [6.45, 7) is 0. The largest absolute Gasteiger partial charge is 0.493 e. The lowest BCUT2D eigenvalue weighted by Crippen LogP contribution is -2.15. The maximum atomic E-state index is 12.7. The number of anilines is 1. The van der Waals surface area contributed by atoms with E-state index >= 15 is 0 Å². The molecule has 0 aliphatic heterocycles. The van der Waals surface area contributed by atoms with Crippen LogP contribution in [0.15, 0.2) is 40.8 Å². The number of para-hydroxylation sites is 1. The van der Waals surface area contributed by atoms with E-state index in [-0.39, 0.29) is 17.0 Å². The fraction of sp³-hybridized carbons (Fsp3) is 0.200. The van der Waals surface area contributed by atoms with Gasteiger partial charge in [-0.15, -0.1) is 0 Å². The Balaban J connectivity index is 2.00. The predicted octanol–water partition coefficient (Wildman–Crippen LogP) is 3.50. The Hall–Kier alpha value is -3.68. The monoisotopic (exact) mass is 385 g/mol. The van der Waals surface area contributed by atoms with Crippen molar-refractivity contribution in [3.05, 3.63) is 47.7 Å². The molecule has 8 heteroatoms. The summed E-state index contributed by atoms with van der Waals surface area (Å²) < 4.78 is 26.1. The Morgan fingerprint density at radius 1 is 0.893 bits per heavy atom. The van der Waals surface area contributed by atoms with Gasteiger partial charge in [-0.3, -0.25) is 4.79 Å². The summed E-state index contributed by atoms with van der Waals surface area (Å²) in [5, 5.41) is 3.37. The molecule has 0 bridgehead atoms. The van der Waals surface area contributed by atoms with Crippen LogP contribution in [0.2, 0.25) is 0 Å². The van der Waals surface area contributed by atoms with Crippen LogP contribution in [0.5, 0.6) is 17.2 Å². The lowest BCUT2D eigenvalue weighted by atomic mass is 10.1. The van der Waals surface area contributed by atoms with Gasteiger partial charge in [0.25, 0.3) is 5.91 Å². The topological polar surface area (TPSA) is 96.2 Å². The van der Waals surface area contributed by atoms with Crippen molar-refractivity contribution in [1.29, 1.82) is 0 Å². The third-order valence-corrected chi connectivity index (χ3v) is 4.13. The minimum atomic E-state index is -0.637. The second kappa shape index (κ2) is 7.91. The number of methoxy groups -OCH3 is 4. The van der Waals surface area contributed by atoms with Gasteiger partial charge in [0.1, 0.15) is 0 Å². The molecular weight excluding hydrogens is 366 g/mol. The van der Waals surface area contributed by atoms with Crippen molar-refractivity contribution in [3.63, 3.8) is 0 Å². The van der Waals surface area contributed by atoms with Gasteiger partial charge < -0.3 is 28.7 Å². The maximum absolute atomic E-state index is 12.7. The Morgan fingerprint density at radius 2 is 1.57 bits per heavy atom. The van der Waals surface area contributed by atoms with E-state index in [1.54, 1.807) is 24.3 Å². The molecule has 28 heavy (non-hydrogen) atoms. The van der Waals surface area contributed by atoms with Crippen LogP contribution in [0.1, 0.15) is 20.9 Å². The van der Waals surface area contributed by atoms with Crippen LogP contribution >= 0.6 is 0 Å². The predicted molar refractivity (Wildman–Crippen MR) is 102 cm³/mol. The summed E-state index contributed by atoms with van der Waals surface area (Å²) in [7, 11) is 5.66. The standard InChI is InChI=1S/C20H19NO7/c1-24-14-7-5-6-11-8-17(28-18(11)14)19(22)21-13-10-16(26-3)15(25-2)9-12(13)20(23)27-4/h5-10H,1-4H3,(H,21,22). The zero-order valence-electron chi connectivity index (χ0n) is 15.8. The molecule has 1 heterocycles. The van der Waals surface area contributed by atoms with Crippen LogP contribution in [0.3, 0.4) is 0 Å². The lowest BCUT2D eigenvalue weighted by Gasteiger charge is -2.14. The van der Waals surface area contributed by atoms with Crippen LogP contribution in [0, 0.1) is 0 Å². The SMILES string of the molecule is COC(=O)c1cc(OC)c(OC)cc1NC(=O)c1cc2cccc(OC)c2o1. The number of ether oxygens (including phenoxy) is 4.